The Labute approximate surface area is 79.2 Å². The number of hydrogen-bond acceptors (Lipinski definition) is 2. The second-order valence-corrected chi connectivity index (χ2v) is 3.79. The van der Waals surface area contributed by atoms with Crippen molar-refractivity contribution in [3.8, 4) is 10.6 Å². The fraction of sp³-hybridized carbons (Fsp3) is 0.125. The van der Waals surface area contributed by atoms with Crippen LogP contribution in [0.25, 0.3) is 10.6 Å². The highest BCUT2D eigenvalue weighted by molar-refractivity contribution is 7.13. The lowest BCUT2D eigenvalue weighted by molar-refractivity contribution is 1.31. The molecule has 2 nitrogen and oxygen atoms in total. The fourth-order valence-corrected chi connectivity index (χ4v) is 2.10. The third-order valence-corrected chi connectivity index (χ3v) is 2.89. The zero-order valence-corrected chi connectivity index (χ0v) is 8.04. The van der Waals surface area contributed by atoms with Gasteiger partial charge in [0.2, 0.25) is 0 Å². The zero-order chi connectivity index (χ0) is 8.55. The summed E-state index contributed by atoms with van der Waals surface area (Å²) in [7, 11) is 0. The molecule has 2 aromatic heterocycles. The average Bonchev–Trinajstić information content (AvgIpc) is 2.58. The lowest BCUT2D eigenvalue weighted by Gasteiger charge is -1.92. The molecule has 0 unspecified atom stereocenters. The van der Waals surface area contributed by atoms with Gasteiger partial charge in [-0.25, -0.2) is 4.98 Å². The minimum atomic E-state index is 0.442. The van der Waals surface area contributed by atoms with Crippen LogP contribution >= 0.6 is 22.9 Å². The van der Waals surface area contributed by atoms with Gasteiger partial charge in [0, 0.05) is 0 Å². The van der Waals surface area contributed by atoms with Gasteiger partial charge in [-0.15, -0.1) is 11.3 Å². The highest BCUT2D eigenvalue weighted by atomic mass is 35.5. The minimum Gasteiger partial charge on any atom is -0.328 e. The van der Waals surface area contributed by atoms with Crippen LogP contribution in [0.1, 0.15) is 5.56 Å². The Hall–Kier alpha value is -0.800. The molecule has 0 bridgehead atoms. The molecule has 1 N–H and O–H groups in total. The van der Waals surface area contributed by atoms with Crippen LogP contribution in [0.2, 0.25) is 5.28 Å². The predicted octanol–water partition coefficient (Wildman–Crippen LogP) is 3.10. The van der Waals surface area contributed by atoms with E-state index >= 15 is 0 Å². The topological polar surface area (TPSA) is 28.7 Å². The van der Waals surface area contributed by atoms with Crippen LogP contribution in [0.15, 0.2) is 17.6 Å². The number of aromatic nitrogens is 2. The van der Waals surface area contributed by atoms with Gasteiger partial charge in [0.15, 0.2) is 5.28 Å². The van der Waals surface area contributed by atoms with E-state index in [9.17, 15) is 0 Å². The Bertz CT molecular complexity index is 391. The minimum absolute atomic E-state index is 0.442. The van der Waals surface area contributed by atoms with E-state index in [2.05, 4.69) is 28.3 Å². The number of aromatic amines is 1. The lowest BCUT2D eigenvalue weighted by Crippen LogP contribution is -1.73. The van der Waals surface area contributed by atoms with Crippen molar-refractivity contribution in [3.05, 3.63) is 28.5 Å². The van der Waals surface area contributed by atoms with Gasteiger partial charge in [-0.2, -0.15) is 0 Å². The molecule has 12 heavy (non-hydrogen) atoms. The standard InChI is InChI=1S/C8H7ClN2S/c1-5-2-3-12-7(5)6-4-10-8(9)11-6/h2-4H,1H3,(H,10,11). The maximum absolute atomic E-state index is 5.67. The number of H-pyrrole nitrogens is 1. The van der Waals surface area contributed by atoms with Crippen molar-refractivity contribution in [2.45, 2.75) is 6.92 Å². The van der Waals surface area contributed by atoms with Crippen LogP contribution in [-0.4, -0.2) is 9.97 Å². The van der Waals surface area contributed by atoms with Crippen LogP contribution in [-0.2, 0) is 0 Å². The lowest BCUT2D eigenvalue weighted by atomic mass is 10.2. The van der Waals surface area contributed by atoms with Crippen LogP contribution in [0, 0.1) is 6.92 Å². The van der Waals surface area contributed by atoms with Crippen molar-refractivity contribution in [1.82, 2.24) is 9.97 Å². The van der Waals surface area contributed by atoms with E-state index in [-0.39, 0.29) is 0 Å². The first-order valence-corrected chi connectivity index (χ1v) is 4.78. The monoisotopic (exact) mass is 198 g/mol. The highest BCUT2D eigenvalue weighted by Gasteiger charge is 2.05. The summed E-state index contributed by atoms with van der Waals surface area (Å²) in [5.41, 5.74) is 2.24. The van der Waals surface area contributed by atoms with Crippen molar-refractivity contribution < 1.29 is 0 Å². The van der Waals surface area contributed by atoms with Crippen molar-refractivity contribution in [2.24, 2.45) is 0 Å². The Morgan fingerprint density at radius 2 is 2.42 bits per heavy atom. The van der Waals surface area contributed by atoms with Crippen LogP contribution in [0.5, 0.6) is 0 Å². The van der Waals surface area contributed by atoms with Gasteiger partial charge < -0.3 is 4.98 Å². The molecule has 0 atom stereocenters. The average molecular weight is 199 g/mol. The van der Waals surface area contributed by atoms with Crippen molar-refractivity contribution in [1.29, 1.82) is 0 Å². The highest BCUT2D eigenvalue weighted by Crippen LogP contribution is 2.27. The van der Waals surface area contributed by atoms with E-state index in [4.69, 9.17) is 11.6 Å². The summed E-state index contributed by atoms with van der Waals surface area (Å²) >= 11 is 7.35. The Balaban J connectivity index is 2.50. The fourth-order valence-electron chi connectivity index (χ4n) is 1.06. The van der Waals surface area contributed by atoms with E-state index < -0.39 is 0 Å². The summed E-state index contributed by atoms with van der Waals surface area (Å²) in [6.07, 6.45) is 1.75. The molecule has 62 valence electrons. The van der Waals surface area contributed by atoms with E-state index in [1.807, 2.05) is 0 Å². The number of halogens is 1. The predicted molar refractivity (Wildman–Crippen MR) is 51.6 cm³/mol. The second-order valence-electron chi connectivity index (χ2n) is 2.52. The molecule has 0 aliphatic carbocycles. The first kappa shape index (κ1) is 7.83. The normalized spacial score (nSPS) is 10.5. The SMILES string of the molecule is Cc1ccsc1-c1cnc(Cl)[nH]1. The number of nitrogens with one attached hydrogen (secondary N) is 1. The molecule has 0 aliphatic heterocycles. The Kier molecular flexibility index (Phi) is 1.90. The number of rotatable bonds is 1. The number of hydrogen-bond donors (Lipinski definition) is 1. The summed E-state index contributed by atoms with van der Waals surface area (Å²) in [6.45, 7) is 2.07. The zero-order valence-electron chi connectivity index (χ0n) is 6.47. The molecule has 0 aliphatic rings. The molecule has 4 heteroatoms. The summed E-state index contributed by atoms with van der Waals surface area (Å²) in [4.78, 5) is 8.12. The maximum atomic E-state index is 5.67. The molecule has 0 aromatic carbocycles. The van der Waals surface area contributed by atoms with Gasteiger partial charge in [0.25, 0.3) is 0 Å². The van der Waals surface area contributed by atoms with E-state index in [1.165, 1.54) is 10.4 Å². The van der Waals surface area contributed by atoms with Crippen LogP contribution < -0.4 is 0 Å². The third kappa shape index (κ3) is 1.26. The first-order chi connectivity index (χ1) is 5.77. The van der Waals surface area contributed by atoms with Gasteiger partial charge in [-0.3, -0.25) is 0 Å². The number of aryl methyl sites for hydroxylation is 1. The summed E-state index contributed by atoms with van der Waals surface area (Å²) in [5.74, 6) is 0. The van der Waals surface area contributed by atoms with Gasteiger partial charge in [-0.1, -0.05) is 0 Å². The van der Waals surface area contributed by atoms with Crippen molar-refractivity contribution >= 4 is 22.9 Å². The smallest absolute Gasteiger partial charge is 0.200 e. The van der Waals surface area contributed by atoms with Crippen molar-refractivity contribution in [2.75, 3.05) is 0 Å². The molecule has 2 rings (SSSR count). The third-order valence-electron chi connectivity index (χ3n) is 1.65. The number of thiophene rings is 1. The van der Waals surface area contributed by atoms with Crippen LogP contribution in [0.3, 0.4) is 0 Å². The molecular weight excluding hydrogens is 192 g/mol. The number of imidazole rings is 1. The first-order valence-electron chi connectivity index (χ1n) is 3.52. The molecule has 0 saturated carbocycles. The van der Waals surface area contributed by atoms with E-state index in [1.54, 1.807) is 17.5 Å². The molecule has 0 fully saturated rings. The van der Waals surface area contributed by atoms with Gasteiger partial charge in [0.1, 0.15) is 0 Å². The summed E-state index contributed by atoms with van der Waals surface area (Å²) in [5, 5.41) is 2.50. The largest absolute Gasteiger partial charge is 0.328 e. The molecule has 0 saturated heterocycles. The van der Waals surface area contributed by atoms with Crippen LogP contribution in [0.4, 0.5) is 0 Å². The second kappa shape index (κ2) is 2.92. The van der Waals surface area contributed by atoms with E-state index in [0.717, 1.165) is 5.69 Å². The van der Waals surface area contributed by atoms with Gasteiger partial charge in [-0.05, 0) is 35.5 Å². The Morgan fingerprint density at radius 1 is 1.58 bits per heavy atom. The molecular formula is C8H7ClN2S. The number of nitrogens with zero attached hydrogens (tertiary/aromatic N) is 1. The van der Waals surface area contributed by atoms with E-state index in [0.29, 0.717) is 5.28 Å². The quantitative estimate of drug-likeness (QED) is 0.750. The van der Waals surface area contributed by atoms with Crippen molar-refractivity contribution in [3.63, 3.8) is 0 Å². The summed E-state index contributed by atoms with van der Waals surface area (Å²) < 4.78 is 0. The Morgan fingerprint density at radius 3 is 2.92 bits per heavy atom. The molecule has 2 aromatic rings. The molecule has 0 amide bonds. The maximum Gasteiger partial charge on any atom is 0.200 e. The molecule has 2 heterocycles. The van der Waals surface area contributed by atoms with Gasteiger partial charge in [0.05, 0.1) is 16.8 Å². The molecule has 0 radical (unpaired) electrons. The summed E-state index contributed by atoms with van der Waals surface area (Å²) in [6, 6.07) is 2.08. The van der Waals surface area contributed by atoms with Gasteiger partial charge >= 0.3 is 0 Å². The molecule has 0 spiro atoms.